The van der Waals surface area contributed by atoms with Crippen molar-refractivity contribution in [1.29, 1.82) is 0 Å². The first kappa shape index (κ1) is 38.8. The maximum Gasteiger partial charge on any atom is 0.329 e. The van der Waals surface area contributed by atoms with E-state index in [0.29, 0.717) is 6.42 Å². The minimum absolute atomic E-state index is 0.375. The summed E-state index contributed by atoms with van der Waals surface area (Å²) in [4.78, 5) is 85.5. The topological polar surface area (TPSA) is 140 Å². The van der Waals surface area contributed by atoms with Gasteiger partial charge in [-0.1, -0.05) is 75.7 Å². The van der Waals surface area contributed by atoms with Crippen LogP contribution < -0.4 is 0 Å². The molecule has 0 radical (unpaired) electrons. The Balaban J connectivity index is 3.86. The van der Waals surface area contributed by atoms with Gasteiger partial charge in [-0.25, -0.2) is 14.4 Å². The molecule has 0 spiro atoms. The van der Waals surface area contributed by atoms with Gasteiger partial charge in [0, 0.05) is 21.1 Å². The van der Waals surface area contributed by atoms with Crippen LogP contribution >= 0.6 is 0 Å². The Morgan fingerprint density at radius 1 is 0.523 bits per heavy atom. The Morgan fingerprint density at radius 2 is 0.841 bits per heavy atom. The molecule has 1 aliphatic heterocycles. The summed E-state index contributed by atoms with van der Waals surface area (Å²) in [5, 5.41) is 0. The van der Waals surface area contributed by atoms with Crippen molar-refractivity contribution in [3.63, 3.8) is 0 Å². The number of carbonyl (C=O) groups is 6. The lowest BCUT2D eigenvalue weighted by molar-refractivity contribution is -0.180. The van der Waals surface area contributed by atoms with E-state index < -0.39 is 95.7 Å². The second kappa shape index (κ2) is 16.2. The van der Waals surface area contributed by atoms with Crippen molar-refractivity contribution in [2.24, 2.45) is 29.6 Å². The van der Waals surface area contributed by atoms with Crippen molar-refractivity contribution in [2.45, 2.75) is 119 Å². The van der Waals surface area contributed by atoms with Gasteiger partial charge >= 0.3 is 17.9 Å². The minimum Gasteiger partial charge on any atom is -0.450 e. The maximum atomic E-state index is 13.9. The van der Waals surface area contributed by atoms with E-state index in [1.165, 1.54) is 37.9 Å². The summed E-state index contributed by atoms with van der Waals surface area (Å²) in [7, 11) is 4.27. The van der Waals surface area contributed by atoms with Crippen molar-refractivity contribution in [2.75, 3.05) is 21.1 Å². The zero-order chi connectivity index (χ0) is 34.4. The Bertz CT molecular complexity index is 1060. The molecule has 0 N–H and O–H groups in total. The van der Waals surface area contributed by atoms with Gasteiger partial charge in [-0.2, -0.15) is 0 Å². The van der Waals surface area contributed by atoms with E-state index in [1.54, 1.807) is 62.3 Å². The quantitative estimate of drug-likeness (QED) is 0.322. The van der Waals surface area contributed by atoms with Crippen molar-refractivity contribution >= 4 is 35.6 Å². The van der Waals surface area contributed by atoms with Crippen LogP contribution in [0.15, 0.2) is 0 Å². The Morgan fingerprint density at radius 3 is 1.18 bits per heavy atom. The first-order valence-corrected chi connectivity index (χ1v) is 15.6. The van der Waals surface area contributed by atoms with E-state index in [1.807, 2.05) is 6.92 Å². The SMILES string of the molecule is CCC(C)C1C(=O)OC(C(C)C)C(=O)N(C)C(C)C(=O)OC(C(C)C)C(=O)N(C)C(C(C)C)C(=O)OC(C(C)C)C(=O)N1C. The molecule has 12 nitrogen and oxygen atoms in total. The normalized spacial score (nSPS) is 28.4. The molecule has 0 aromatic heterocycles. The standard InChI is InChI=1S/C32H55N3O9/c1-15-20(10)23-32(41)44-24(17(4)5)27(36)33(12)21(11)30(39)42-25(18(6)7)28(37)34(13)22(16(2)3)31(40)43-26(19(8)9)29(38)35(23)14/h16-26H,15H2,1-14H3. The van der Waals surface area contributed by atoms with Gasteiger partial charge in [0.2, 0.25) is 0 Å². The van der Waals surface area contributed by atoms with Crippen LogP contribution in [0.2, 0.25) is 0 Å². The van der Waals surface area contributed by atoms with Gasteiger partial charge in [0.15, 0.2) is 18.3 Å². The molecule has 1 fully saturated rings. The largest absolute Gasteiger partial charge is 0.450 e. The molecule has 3 amide bonds. The number of esters is 3. The molecule has 252 valence electrons. The van der Waals surface area contributed by atoms with Gasteiger partial charge in [-0.05, 0) is 36.5 Å². The summed E-state index contributed by atoms with van der Waals surface area (Å²) >= 11 is 0. The van der Waals surface area contributed by atoms with Crippen LogP contribution in [0.5, 0.6) is 0 Å². The minimum atomic E-state index is -1.27. The zero-order valence-electron chi connectivity index (χ0n) is 29.1. The molecule has 1 saturated heterocycles. The van der Waals surface area contributed by atoms with Gasteiger partial charge < -0.3 is 28.9 Å². The predicted octanol–water partition coefficient (Wildman–Crippen LogP) is 2.91. The second-order valence-electron chi connectivity index (χ2n) is 13.3. The third kappa shape index (κ3) is 8.94. The molecule has 0 aliphatic carbocycles. The molecule has 12 heteroatoms. The predicted molar refractivity (Wildman–Crippen MR) is 164 cm³/mol. The van der Waals surface area contributed by atoms with Gasteiger partial charge in [0.05, 0.1) is 0 Å². The highest BCUT2D eigenvalue weighted by molar-refractivity contribution is 5.94. The molecule has 7 atom stereocenters. The van der Waals surface area contributed by atoms with E-state index >= 15 is 0 Å². The molecule has 0 bridgehead atoms. The van der Waals surface area contributed by atoms with Crippen LogP contribution in [-0.2, 0) is 43.0 Å². The Hall–Kier alpha value is -3.18. The third-order valence-electron chi connectivity index (χ3n) is 8.37. The number of hydrogen-bond donors (Lipinski definition) is 0. The van der Waals surface area contributed by atoms with Crippen molar-refractivity contribution < 1.29 is 43.0 Å². The van der Waals surface area contributed by atoms with Crippen LogP contribution in [0.3, 0.4) is 0 Å². The molecular weight excluding hydrogens is 570 g/mol. The fourth-order valence-corrected chi connectivity index (χ4v) is 5.13. The molecular formula is C32H55N3O9. The van der Waals surface area contributed by atoms with Gasteiger partial charge in [0.25, 0.3) is 17.7 Å². The van der Waals surface area contributed by atoms with Crippen molar-refractivity contribution in [1.82, 2.24) is 14.7 Å². The lowest BCUT2D eigenvalue weighted by Crippen LogP contribution is -2.57. The monoisotopic (exact) mass is 625 g/mol. The van der Waals surface area contributed by atoms with Crippen molar-refractivity contribution in [3.05, 3.63) is 0 Å². The number of ether oxygens (including phenoxy) is 3. The fraction of sp³-hybridized carbons (Fsp3) is 0.812. The van der Waals surface area contributed by atoms with Crippen molar-refractivity contribution in [3.8, 4) is 0 Å². The van der Waals surface area contributed by atoms with E-state index in [9.17, 15) is 28.8 Å². The number of nitrogens with zero attached hydrogens (tertiary/aromatic N) is 3. The highest BCUT2D eigenvalue weighted by atomic mass is 16.6. The van der Waals surface area contributed by atoms with E-state index in [-0.39, 0.29) is 5.92 Å². The van der Waals surface area contributed by atoms with Crippen LogP contribution in [0.4, 0.5) is 0 Å². The summed E-state index contributed by atoms with van der Waals surface area (Å²) in [5.74, 6) is -6.51. The van der Waals surface area contributed by atoms with Crippen LogP contribution in [0.1, 0.15) is 82.6 Å². The zero-order valence-corrected chi connectivity index (χ0v) is 29.1. The molecule has 1 aliphatic rings. The molecule has 44 heavy (non-hydrogen) atoms. The molecule has 1 rings (SSSR count). The summed E-state index contributed by atoms with van der Waals surface area (Å²) < 4.78 is 17.3. The van der Waals surface area contributed by atoms with E-state index in [0.717, 1.165) is 4.90 Å². The lowest BCUT2D eigenvalue weighted by Gasteiger charge is -2.38. The number of likely N-dealkylation sites (N-methyl/N-ethyl adjacent to an activating group) is 3. The summed E-state index contributed by atoms with van der Waals surface area (Å²) in [6, 6.07) is -3.33. The summed E-state index contributed by atoms with van der Waals surface area (Å²) in [6.45, 7) is 18.8. The number of cyclic esters (lactones) is 3. The van der Waals surface area contributed by atoms with Gasteiger partial charge in [0.1, 0.15) is 18.1 Å². The van der Waals surface area contributed by atoms with Gasteiger partial charge in [-0.3, -0.25) is 14.4 Å². The van der Waals surface area contributed by atoms with Gasteiger partial charge in [-0.15, -0.1) is 0 Å². The number of hydrogen-bond acceptors (Lipinski definition) is 9. The lowest BCUT2D eigenvalue weighted by atomic mass is 9.95. The number of rotatable bonds is 6. The number of carbonyl (C=O) groups excluding carboxylic acids is 6. The second-order valence-corrected chi connectivity index (χ2v) is 13.3. The first-order chi connectivity index (χ1) is 20.2. The fourth-order valence-electron chi connectivity index (χ4n) is 5.13. The van der Waals surface area contributed by atoms with E-state index in [4.69, 9.17) is 14.2 Å². The van der Waals surface area contributed by atoms with Crippen LogP contribution in [0, 0.1) is 29.6 Å². The molecule has 1 heterocycles. The Kier molecular flexibility index (Phi) is 14.3. The molecule has 0 aromatic carbocycles. The summed E-state index contributed by atoms with van der Waals surface area (Å²) in [6.07, 6.45) is -3.30. The first-order valence-electron chi connectivity index (χ1n) is 15.6. The number of amides is 3. The van der Waals surface area contributed by atoms with Crippen LogP contribution in [0.25, 0.3) is 0 Å². The summed E-state index contributed by atoms with van der Waals surface area (Å²) in [5.41, 5.74) is 0. The average Bonchev–Trinajstić information content (AvgIpc) is 2.93. The highest BCUT2D eigenvalue weighted by Gasteiger charge is 2.44. The molecule has 0 saturated carbocycles. The average molecular weight is 626 g/mol. The maximum absolute atomic E-state index is 13.9. The Labute approximate surface area is 263 Å². The van der Waals surface area contributed by atoms with Crippen LogP contribution in [-0.4, -0.2) is 108 Å². The smallest absolute Gasteiger partial charge is 0.329 e. The molecule has 7 unspecified atom stereocenters. The highest BCUT2D eigenvalue weighted by Crippen LogP contribution is 2.24. The molecule has 0 aromatic rings. The third-order valence-corrected chi connectivity index (χ3v) is 8.37. The van der Waals surface area contributed by atoms with E-state index in [2.05, 4.69) is 0 Å².